The fourth-order valence-corrected chi connectivity index (χ4v) is 2.91. The second-order valence-corrected chi connectivity index (χ2v) is 6.01. The second kappa shape index (κ2) is 5.95. The quantitative estimate of drug-likeness (QED) is 0.858. The number of alkyl halides is 1. The Morgan fingerprint density at radius 2 is 2.00 bits per heavy atom. The number of hydrogen-bond donors (Lipinski definition) is 1. The third-order valence-electron chi connectivity index (χ3n) is 3.89. The maximum Gasteiger partial charge on any atom is 0.253 e. The molecule has 0 saturated carbocycles. The van der Waals surface area contributed by atoms with Crippen molar-refractivity contribution in [2.24, 2.45) is 5.41 Å². The van der Waals surface area contributed by atoms with Gasteiger partial charge in [0.1, 0.15) is 0 Å². The lowest BCUT2D eigenvalue weighted by molar-refractivity contribution is -0.128. The maximum atomic E-state index is 12.4. The third-order valence-corrected chi connectivity index (χ3v) is 4.54. The Hall–Kier alpha value is -1.36. The number of halogens is 1. The minimum absolute atomic E-state index is 0.00116. The summed E-state index contributed by atoms with van der Waals surface area (Å²) in [6, 6.07) is 7.56. The van der Waals surface area contributed by atoms with E-state index in [2.05, 4.69) is 21.2 Å². The van der Waals surface area contributed by atoms with Gasteiger partial charge in [-0.25, -0.2) is 0 Å². The first-order valence-corrected chi connectivity index (χ1v) is 7.79. The van der Waals surface area contributed by atoms with Gasteiger partial charge in [0, 0.05) is 31.0 Å². The molecule has 4 nitrogen and oxygen atoms in total. The van der Waals surface area contributed by atoms with Crippen LogP contribution in [-0.4, -0.2) is 36.9 Å². The van der Waals surface area contributed by atoms with Crippen molar-refractivity contribution in [2.45, 2.75) is 18.7 Å². The molecule has 1 N–H and O–H groups in total. The van der Waals surface area contributed by atoms with Gasteiger partial charge in [-0.3, -0.25) is 9.59 Å². The van der Waals surface area contributed by atoms with Crippen LogP contribution in [0.15, 0.2) is 24.3 Å². The molecule has 0 radical (unpaired) electrons. The predicted molar refractivity (Wildman–Crippen MR) is 81.8 cm³/mol. The van der Waals surface area contributed by atoms with E-state index in [0.29, 0.717) is 25.1 Å². The first-order chi connectivity index (χ1) is 9.50. The second-order valence-electron chi connectivity index (χ2n) is 5.45. The highest BCUT2D eigenvalue weighted by molar-refractivity contribution is 9.08. The number of nitrogens with zero attached hydrogens (tertiary/aromatic N) is 1. The minimum atomic E-state index is -0.472. The van der Waals surface area contributed by atoms with Crippen LogP contribution in [0.1, 0.15) is 29.3 Å². The maximum absolute atomic E-state index is 12.4. The molecule has 1 unspecified atom stereocenters. The van der Waals surface area contributed by atoms with Gasteiger partial charge in [-0.1, -0.05) is 28.1 Å². The summed E-state index contributed by atoms with van der Waals surface area (Å²) in [5, 5.41) is 3.46. The Labute approximate surface area is 127 Å². The third kappa shape index (κ3) is 2.87. The first-order valence-electron chi connectivity index (χ1n) is 6.66. The van der Waals surface area contributed by atoms with E-state index in [1.807, 2.05) is 31.2 Å². The first kappa shape index (κ1) is 15.0. The van der Waals surface area contributed by atoms with E-state index in [4.69, 9.17) is 0 Å². The van der Waals surface area contributed by atoms with Crippen LogP contribution in [-0.2, 0) is 10.1 Å². The lowest BCUT2D eigenvalue weighted by Gasteiger charge is -2.22. The molecule has 0 spiro atoms. The zero-order valence-corrected chi connectivity index (χ0v) is 13.4. The highest BCUT2D eigenvalue weighted by Gasteiger charge is 2.41. The molecule has 108 valence electrons. The van der Waals surface area contributed by atoms with Crippen LogP contribution in [0.5, 0.6) is 0 Å². The number of hydrogen-bond acceptors (Lipinski definition) is 2. The number of carbonyl (C=O) groups is 2. The number of amides is 2. The zero-order chi connectivity index (χ0) is 14.8. The summed E-state index contributed by atoms with van der Waals surface area (Å²) in [5.74, 6) is 0.00110. The van der Waals surface area contributed by atoms with E-state index in [9.17, 15) is 9.59 Å². The van der Waals surface area contributed by atoms with Crippen LogP contribution >= 0.6 is 15.9 Å². The van der Waals surface area contributed by atoms with Gasteiger partial charge in [-0.05, 0) is 31.0 Å². The molecule has 20 heavy (non-hydrogen) atoms. The van der Waals surface area contributed by atoms with E-state index in [1.54, 1.807) is 11.9 Å². The fraction of sp³-hybridized carbons (Fsp3) is 0.467. The van der Waals surface area contributed by atoms with Gasteiger partial charge < -0.3 is 10.2 Å². The van der Waals surface area contributed by atoms with Crippen molar-refractivity contribution in [3.63, 3.8) is 0 Å². The molecule has 2 rings (SSSR count). The lowest BCUT2D eigenvalue weighted by Crippen LogP contribution is -2.40. The van der Waals surface area contributed by atoms with Gasteiger partial charge in [0.2, 0.25) is 5.91 Å². The van der Waals surface area contributed by atoms with Crippen molar-refractivity contribution in [3.05, 3.63) is 35.4 Å². The molecule has 2 amide bonds. The summed E-state index contributed by atoms with van der Waals surface area (Å²) < 4.78 is 0. The SMILES string of the molecule is CNC(=O)C1(C)CCN(C(=O)c2ccc(CBr)cc2)C1. The van der Waals surface area contributed by atoms with Gasteiger partial charge >= 0.3 is 0 Å². The number of carbonyl (C=O) groups excluding carboxylic acids is 2. The highest BCUT2D eigenvalue weighted by atomic mass is 79.9. The summed E-state index contributed by atoms with van der Waals surface area (Å²) in [6.07, 6.45) is 0.706. The van der Waals surface area contributed by atoms with Crippen molar-refractivity contribution >= 4 is 27.7 Å². The van der Waals surface area contributed by atoms with Crippen molar-refractivity contribution in [3.8, 4) is 0 Å². The summed E-state index contributed by atoms with van der Waals surface area (Å²) in [6.45, 7) is 3.02. The van der Waals surface area contributed by atoms with Gasteiger partial charge in [-0.2, -0.15) is 0 Å². The monoisotopic (exact) mass is 338 g/mol. The summed E-state index contributed by atoms with van der Waals surface area (Å²) >= 11 is 3.38. The van der Waals surface area contributed by atoms with Crippen LogP contribution in [0.3, 0.4) is 0 Å². The van der Waals surface area contributed by atoms with E-state index < -0.39 is 5.41 Å². The van der Waals surface area contributed by atoms with Crippen molar-refractivity contribution in [1.29, 1.82) is 0 Å². The molecule has 1 saturated heterocycles. The molecule has 1 aliphatic rings. The van der Waals surface area contributed by atoms with E-state index >= 15 is 0 Å². The Morgan fingerprint density at radius 3 is 2.55 bits per heavy atom. The Kier molecular flexibility index (Phi) is 4.48. The van der Waals surface area contributed by atoms with Crippen molar-refractivity contribution < 1.29 is 9.59 Å². The van der Waals surface area contributed by atoms with Crippen LogP contribution in [0.4, 0.5) is 0 Å². The standard InChI is InChI=1S/C15H19BrN2O2/c1-15(14(20)17-2)7-8-18(10-15)13(19)12-5-3-11(9-16)4-6-12/h3-6H,7-10H2,1-2H3,(H,17,20). The highest BCUT2D eigenvalue weighted by Crippen LogP contribution is 2.31. The van der Waals surface area contributed by atoms with Crippen LogP contribution in [0.2, 0.25) is 0 Å². The minimum Gasteiger partial charge on any atom is -0.359 e. The van der Waals surface area contributed by atoms with Gasteiger partial charge in [0.15, 0.2) is 0 Å². The lowest BCUT2D eigenvalue weighted by atomic mass is 9.89. The molecule has 1 aromatic rings. The van der Waals surface area contributed by atoms with Crippen molar-refractivity contribution in [2.75, 3.05) is 20.1 Å². The fourth-order valence-electron chi connectivity index (χ4n) is 2.54. The zero-order valence-electron chi connectivity index (χ0n) is 11.8. The normalized spacial score (nSPS) is 21.9. The molecular formula is C15H19BrN2O2. The topological polar surface area (TPSA) is 49.4 Å². The average Bonchev–Trinajstić information content (AvgIpc) is 2.89. The van der Waals surface area contributed by atoms with E-state index in [1.165, 1.54) is 0 Å². The van der Waals surface area contributed by atoms with E-state index in [-0.39, 0.29) is 11.8 Å². The molecule has 5 heteroatoms. The van der Waals surface area contributed by atoms with Crippen molar-refractivity contribution in [1.82, 2.24) is 10.2 Å². The smallest absolute Gasteiger partial charge is 0.253 e. The molecule has 1 aromatic carbocycles. The molecule has 0 aliphatic carbocycles. The average molecular weight is 339 g/mol. The van der Waals surface area contributed by atoms with Crippen LogP contribution in [0.25, 0.3) is 0 Å². The number of benzene rings is 1. The molecule has 0 aromatic heterocycles. The Morgan fingerprint density at radius 1 is 1.35 bits per heavy atom. The van der Waals surface area contributed by atoms with Gasteiger partial charge in [0.05, 0.1) is 5.41 Å². The summed E-state index contributed by atoms with van der Waals surface area (Å²) in [4.78, 5) is 26.1. The molecule has 1 fully saturated rings. The summed E-state index contributed by atoms with van der Waals surface area (Å²) in [7, 11) is 1.64. The van der Waals surface area contributed by atoms with Crippen LogP contribution in [0, 0.1) is 5.41 Å². The number of likely N-dealkylation sites (tertiary alicyclic amines) is 1. The summed E-state index contributed by atoms with van der Waals surface area (Å²) in [5.41, 5.74) is 1.34. The van der Waals surface area contributed by atoms with E-state index in [0.717, 1.165) is 10.9 Å². The molecule has 1 aliphatic heterocycles. The molecular weight excluding hydrogens is 320 g/mol. The predicted octanol–water partition coefficient (Wildman–Crippen LogP) is 2.18. The molecule has 1 atom stereocenters. The Balaban J connectivity index is 2.09. The Bertz CT molecular complexity index is 515. The number of rotatable bonds is 3. The molecule has 1 heterocycles. The van der Waals surface area contributed by atoms with Gasteiger partial charge in [0.25, 0.3) is 5.91 Å². The molecule has 0 bridgehead atoms. The largest absolute Gasteiger partial charge is 0.359 e. The van der Waals surface area contributed by atoms with Gasteiger partial charge in [-0.15, -0.1) is 0 Å². The van der Waals surface area contributed by atoms with Crippen LogP contribution < -0.4 is 5.32 Å². The number of nitrogens with one attached hydrogen (secondary N) is 1.